The van der Waals surface area contributed by atoms with Crippen molar-refractivity contribution in [1.82, 2.24) is 31.5 Å². The van der Waals surface area contributed by atoms with Crippen LogP contribution in [0.3, 0.4) is 0 Å². The molecule has 6 amide bonds. The highest BCUT2D eigenvalue weighted by molar-refractivity contribution is 7.98. The maximum absolute atomic E-state index is 13.9. The van der Waals surface area contributed by atoms with Gasteiger partial charge in [0.05, 0.1) is 12.6 Å². The second-order valence-corrected chi connectivity index (χ2v) is 15.5. The fraction of sp³-hybridized carbons (Fsp3) is 0.794. The van der Waals surface area contributed by atoms with Crippen molar-refractivity contribution in [2.45, 2.75) is 129 Å². The molecule has 0 aromatic heterocycles. The van der Waals surface area contributed by atoms with Crippen molar-refractivity contribution in [2.24, 2.45) is 23.5 Å². The van der Waals surface area contributed by atoms with E-state index in [1.54, 1.807) is 0 Å². The normalized spacial score (nSPS) is 18.0. The number of carboxylic acids is 1. The Labute approximate surface area is 305 Å². The van der Waals surface area contributed by atoms with Crippen LogP contribution in [0.1, 0.15) is 87.0 Å². The standard InChI is InChI=1S/C34H61N7O9S/c1-18(2)14-23(39-32(47)28(35)21(7)42)29(44)36-17-27(43)37-24(15-19(3)4)33(48)41-12-9-10-26(41)31(46)38-22(11-13-51-8)30(45)40-25(34(49)50)16-20(5)6/h18-26,28,42H,9-17,35H2,1-8H3,(H,36,44)(H,37,43)(H,38,46)(H,39,47)(H,40,45)(H,49,50)/t21-,22+,23+,24+,25+,26+,28+/m1/s1. The summed E-state index contributed by atoms with van der Waals surface area (Å²) in [5.74, 6) is -4.31. The van der Waals surface area contributed by atoms with Crippen LogP contribution in [-0.4, -0.2) is 124 Å². The molecule has 0 aromatic carbocycles. The zero-order valence-electron chi connectivity index (χ0n) is 31.3. The maximum Gasteiger partial charge on any atom is 0.326 e. The molecule has 1 heterocycles. The number of hydrogen-bond donors (Lipinski definition) is 8. The van der Waals surface area contributed by atoms with Crippen LogP contribution in [0, 0.1) is 17.8 Å². The van der Waals surface area contributed by atoms with Gasteiger partial charge in [-0.05, 0) is 75.2 Å². The molecule has 0 saturated carbocycles. The fourth-order valence-electron chi connectivity index (χ4n) is 5.66. The van der Waals surface area contributed by atoms with E-state index in [4.69, 9.17) is 5.73 Å². The molecule has 1 aliphatic heterocycles. The minimum Gasteiger partial charge on any atom is -0.480 e. The van der Waals surface area contributed by atoms with Crippen molar-refractivity contribution in [1.29, 1.82) is 0 Å². The first-order valence-corrected chi connectivity index (χ1v) is 19.1. The van der Waals surface area contributed by atoms with Crippen LogP contribution >= 0.6 is 11.8 Å². The fourth-order valence-corrected chi connectivity index (χ4v) is 6.13. The molecule has 0 bridgehead atoms. The molecule has 17 heteroatoms. The van der Waals surface area contributed by atoms with Gasteiger partial charge in [-0.15, -0.1) is 0 Å². The molecule has 0 unspecified atom stereocenters. The van der Waals surface area contributed by atoms with Gasteiger partial charge in [-0.25, -0.2) is 4.79 Å². The number of thioether (sulfide) groups is 1. The molecule has 16 nitrogen and oxygen atoms in total. The van der Waals surface area contributed by atoms with Crippen LogP contribution in [0.2, 0.25) is 0 Å². The second kappa shape index (κ2) is 22.5. The summed E-state index contributed by atoms with van der Waals surface area (Å²) in [6.07, 6.45) is 2.52. The van der Waals surface area contributed by atoms with Crippen LogP contribution in [0.25, 0.3) is 0 Å². The Morgan fingerprint density at radius 2 is 1.31 bits per heavy atom. The van der Waals surface area contributed by atoms with Crippen LogP contribution in [-0.2, 0) is 33.6 Å². The van der Waals surface area contributed by atoms with E-state index in [1.807, 2.05) is 47.8 Å². The van der Waals surface area contributed by atoms with E-state index in [2.05, 4.69) is 26.6 Å². The predicted molar refractivity (Wildman–Crippen MR) is 194 cm³/mol. The number of carbonyl (C=O) groups excluding carboxylic acids is 6. The van der Waals surface area contributed by atoms with Gasteiger partial charge in [0.2, 0.25) is 35.4 Å². The van der Waals surface area contributed by atoms with E-state index in [-0.39, 0.29) is 50.0 Å². The Balaban J connectivity index is 3.04. The van der Waals surface area contributed by atoms with Gasteiger partial charge < -0.3 is 47.4 Å². The number of rotatable bonds is 22. The molecule has 292 valence electrons. The van der Waals surface area contributed by atoms with Crippen LogP contribution in [0.5, 0.6) is 0 Å². The van der Waals surface area contributed by atoms with Crippen molar-refractivity contribution < 1.29 is 43.8 Å². The van der Waals surface area contributed by atoms with Gasteiger partial charge >= 0.3 is 5.97 Å². The first-order chi connectivity index (χ1) is 23.8. The summed E-state index contributed by atoms with van der Waals surface area (Å²) in [5.41, 5.74) is 5.70. The second-order valence-electron chi connectivity index (χ2n) is 14.5. The summed E-state index contributed by atoms with van der Waals surface area (Å²) < 4.78 is 0. The van der Waals surface area contributed by atoms with Crippen molar-refractivity contribution in [2.75, 3.05) is 25.1 Å². The van der Waals surface area contributed by atoms with Gasteiger partial charge in [0.15, 0.2) is 0 Å². The monoisotopic (exact) mass is 743 g/mol. The average Bonchev–Trinajstić information content (AvgIpc) is 3.53. The number of nitrogens with zero attached hydrogens (tertiary/aromatic N) is 1. The van der Waals surface area contributed by atoms with Crippen molar-refractivity contribution >= 4 is 53.2 Å². The Kier molecular flexibility index (Phi) is 20.1. The number of aliphatic hydroxyl groups excluding tert-OH is 1. The van der Waals surface area contributed by atoms with E-state index >= 15 is 0 Å². The average molecular weight is 744 g/mol. The number of carbonyl (C=O) groups is 7. The lowest BCUT2D eigenvalue weighted by atomic mass is 10.0. The van der Waals surface area contributed by atoms with E-state index in [9.17, 15) is 43.8 Å². The molecule has 1 aliphatic rings. The molecule has 1 saturated heterocycles. The Bertz CT molecular complexity index is 1200. The predicted octanol–water partition coefficient (Wildman–Crippen LogP) is -0.283. The number of aliphatic hydroxyl groups is 1. The van der Waals surface area contributed by atoms with Gasteiger partial charge in [-0.1, -0.05) is 41.5 Å². The minimum atomic E-state index is -1.24. The molecule has 0 aliphatic carbocycles. The molecule has 1 fully saturated rings. The third-order valence-electron chi connectivity index (χ3n) is 8.33. The van der Waals surface area contributed by atoms with Crippen molar-refractivity contribution in [3.05, 3.63) is 0 Å². The zero-order valence-corrected chi connectivity index (χ0v) is 32.1. The number of nitrogens with one attached hydrogen (secondary N) is 5. The summed E-state index contributed by atoms with van der Waals surface area (Å²) in [6, 6.07) is -6.31. The number of amides is 6. The van der Waals surface area contributed by atoms with Gasteiger partial charge in [-0.2, -0.15) is 11.8 Å². The minimum absolute atomic E-state index is 0.00182. The molecule has 0 radical (unpaired) electrons. The number of hydrogen-bond acceptors (Lipinski definition) is 10. The van der Waals surface area contributed by atoms with E-state index in [1.165, 1.54) is 23.6 Å². The summed E-state index contributed by atoms with van der Waals surface area (Å²) in [5, 5.41) is 32.3. The molecular formula is C34H61N7O9S. The first-order valence-electron chi connectivity index (χ1n) is 17.7. The smallest absolute Gasteiger partial charge is 0.326 e. The molecule has 51 heavy (non-hydrogen) atoms. The highest BCUT2D eigenvalue weighted by Crippen LogP contribution is 2.21. The van der Waals surface area contributed by atoms with E-state index in [0.717, 1.165) is 0 Å². The Morgan fingerprint density at radius 1 is 0.765 bits per heavy atom. The third-order valence-corrected chi connectivity index (χ3v) is 8.97. The van der Waals surface area contributed by atoms with Gasteiger partial charge in [0, 0.05) is 6.54 Å². The molecule has 1 rings (SSSR count). The molecular weight excluding hydrogens is 682 g/mol. The summed E-state index contributed by atoms with van der Waals surface area (Å²) in [6.45, 7) is 12.2. The van der Waals surface area contributed by atoms with Crippen molar-refractivity contribution in [3.63, 3.8) is 0 Å². The maximum atomic E-state index is 13.9. The lowest BCUT2D eigenvalue weighted by Crippen LogP contribution is -2.58. The summed E-state index contributed by atoms with van der Waals surface area (Å²) >= 11 is 1.47. The molecule has 7 atom stereocenters. The topological polar surface area (TPSA) is 249 Å². The largest absolute Gasteiger partial charge is 0.480 e. The highest BCUT2D eigenvalue weighted by atomic mass is 32.2. The summed E-state index contributed by atoms with van der Waals surface area (Å²) in [7, 11) is 0. The number of carboxylic acid groups (broad SMARTS) is 1. The number of aliphatic carboxylic acids is 1. The third kappa shape index (κ3) is 16.2. The van der Waals surface area contributed by atoms with Gasteiger partial charge in [-0.3, -0.25) is 28.8 Å². The van der Waals surface area contributed by atoms with E-state index in [0.29, 0.717) is 18.6 Å². The lowest BCUT2D eigenvalue weighted by Gasteiger charge is -2.30. The van der Waals surface area contributed by atoms with Gasteiger partial charge in [0.25, 0.3) is 0 Å². The van der Waals surface area contributed by atoms with Crippen LogP contribution < -0.4 is 32.3 Å². The number of nitrogens with two attached hydrogens (primary N) is 1. The molecule has 0 spiro atoms. The quantitative estimate of drug-likeness (QED) is 0.0716. The van der Waals surface area contributed by atoms with Crippen LogP contribution in [0.4, 0.5) is 0 Å². The zero-order chi connectivity index (χ0) is 39.0. The Morgan fingerprint density at radius 3 is 1.84 bits per heavy atom. The molecule has 0 aromatic rings. The van der Waals surface area contributed by atoms with Crippen molar-refractivity contribution in [3.8, 4) is 0 Å². The first kappa shape index (κ1) is 45.6. The lowest BCUT2D eigenvalue weighted by molar-refractivity contribution is -0.144. The summed E-state index contributed by atoms with van der Waals surface area (Å²) in [4.78, 5) is 92.3. The van der Waals surface area contributed by atoms with Gasteiger partial charge in [0.1, 0.15) is 36.3 Å². The highest BCUT2D eigenvalue weighted by Gasteiger charge is 2.39. The Hall–Kier alpha value is -3.44. The van der Waals surface area contributed by atoms with Crippen LogP contribution in [0.15, 0.2) is 0 Å². The SMILES string of the molecule is CSCC[C@H](NC(=O)[C@@H]1CCCN1C(=O)[C@H](CC(C)C)NC(=O)CNC(=O)[C@H](CC(C)C)NC(=O)[C@@H](N)[C@@H](C)O)C(=O)N[C@@H](CC(C)C)C(=O)O. The van der Waals surface area contributed by atoms with E-state index < -0.39 is 90.3 Å². The molecule has 9 N–H and O–H groups in total. The number of likely N-dealkylation sites (tertiary alicyclic amines) is 1.